The highest BCUT2D eigenvalue weighted by Crippen LogP contribution is 2.47. The van der Waals surface area contributed by atoms with Gasteiger partial charge in [0, 0.05) is 18.4 Å². The Bertz CT molecular complexity index is 460. The Balaban J connectivity index is 2.25. The summed E-state index contributed by atoms with van der Waals surface area (Å²) in [6.45, 7) is 4.49. The molecule has 2 rings (SSSR count). The average Bonchev–Trinajstić information content (AvgIpc) is 2.41. The number of hydrogen-bond acceptors (Lipinski definition) is 2. The Morgan fingerprint density at radius 2 is 2.15 bits per heavy atom. The smallest absolute Gasteiger partial charge is 0.126 e. The molecule has 1 aliphatic rings. The Morgan fingerprint density at radius 1 is 1.45 bits per heavy atom. The lowest BCUT2D eigenvalue weighted by atomic mass is 9.60. The van der Waals surface area contributed by atoms with E-state index in [1.165, 1.54) is 12.5 Å². The van der Waals surface area contributed by atoms with Gasteiger partial charge in [-0.15, -0.1) is 0 Å². The van der Waals surface area contributed by atoms with Crippen LogP contribution in [0.4, 0.5) is 4.39 Å². The highest BCUT2D eigenvalue weighted by molar-refractivity contribution is 5.21. The molecule has 1 saturated carbocycles. The van der Waals surface area contributed by atoms with Gasteiger partial charge in [0.2, 0.25) is 0 Å². The highest BCUT2D eigenvalue weighted by atomic mass is 19.1. The molecule has 1 aliphatic carbocycles. The third-order valence-electron chi connectivity index (χ3n) is 5.12. The maximum atomic E-state index is 13.9. The van der Waals surface area contributed by atoms with E-state index in [9.17, 15) is 9.50 Å². The summed E-state index contributed by atoms with van der Waals surface area (Å²) in [6, 6.07) is 6.69. The first-order valence-corrected chi connectivity index (χ1v) is 7.56. The van der Waals surface area contributed by atoms with Gasteiger partial charge >= 0.3 is 0 Å². The summed E-state index contributed by atoms with van der Waals surface area (Å²) in [5.41, 5.74) is 5.33. The molecule has 0 aromatic heterocycles. The van der Waals surface area contributed by atoms with Crippen molar-refractivity contribution in [3.05, 3.63) is 35.6 Å². The minimum atomic E-state index is -0.974. The minimum absolute atomic E-state index is 0.246. The molecule has 3 heteroatoms. The first-order valence-electron chi connectivity index (χ1n) is 7.56. The van der Waals surface area contributed by atoms with Crippen molar-refractivity contribution in [2.75, 3.05) is 6.54 Å². The molecular weight excluding hydrogens is 253 g/mol. The van der Waals surface area contributed by atoms with Crippen LogP contribution in [-0.2, 0) is 6.42 Å². The van der Waals surface area contributed by atoms with Crippen molar-refractivity contribution in [2.24, 2.45) is 17.1 Å². The van der Waals surface area contributed by atoms with E-state index in [1.54, 1.807) is 12.1 Å². The zero-order chi connectivity index (χ0) is 14.8. The second-order valence-corrected chi connectivity index (χ2v) is 6.73. The van der Waals surface area contributed by atoms with Gasteiger partial charge in [-0.05, 0) is 37.3 Å². The number of nitrogens with two attached hydrogens (primary N) is 1. The molecule has 0 saturated heterocycles. The van der Waals surface area contributed by atoms with Crippen molar-refractivity contribution in [3.63, 3.8) is 0 Å². The van der Waals surface area contributed by atoms with Crippen molar-refractivity contribution in [1.82, 2.24) is 0 Å². The maximum absolute atomic E-state index is 13.9. The molecule has 20 heavy (non-hydrogen) atoms. The monoisotopic (exact) mass is 279 g/mol. The van der Waals surface area contributed by atoms with Crippen LogP contribution in [0.3, 0.4) is 0 Å². The topological polar surface area (TPSA) is 46.2 Å². The van der Waals surface area contributed by atoms with E-state index in [2.05, 4.69) is 6.92 Å². The minimum Gasteiger partial charge on any atom is -0.389 e. The van der Waals surface area contributed by atoms with Crippen molar-refractivity contribution >= 4 is 0 Å². The largest absolute Gasteiger partial charge is 0.389 e. The van der Waals surface area contributed by atoms with Crippen LogP contribution >= 0.6 is 0 Å². The molecule has 0 spiro atoms. The van der Waals surface area contributed by atoms with Crippen LogP contribution in [0.2, 0.25) is 0 Å². The molecule has 2 nitrogen and oxygen atoms in total. The van der Waals surface area contributed by atoms with Crippen molar-refractivity contribution in [3.8, 4) is 0 Å². The van der Waals surface area contributed by atoms with Gasteiger partial charge in [0.25, 0.3) is 0 Å². The SMILES string of the molecule is CC1CCCC(CN)(C(C)(O)Cc2ccccc2F)C1. The third-order valence-corrected chi connectivity index (χ3v) is 5.12. The molecule has 112 valence electrons. The second-order valence-electron chi connectivity index (χ2n) is 6.73. The van der Waals surface area contributed by atoms with E-state index >= 15 is 0 Å². The van der Waals surface area contributed by atoms with E-state index < -0.39 is 5.60 Å². The van der Waals surface area contributed by atoms with E-state index in [0.29, 0.717) is 24.4 Å². The third kappa shape index (κ3) is 2.89. The molecule has 3 N–H and O–H groups in total. The molecule has 0 bridgehead atoms. The lowest BCUT2D eigenvalue weighted by Crippen LogP contribution is -2.54. The Labute approximate surface area is 121 Å². The van der Waals surface area contributed by atoms with Gasteiger partial charge in [0.05, 0.1) is 5.60 Å². The lowest BCUT2D eigenvalue weighted by molar-refractivity contribution is -0.0940. The summed E-state index contributed by atoms with van der Waals surface area (Å²) in [4.78, 5) is 0. The molecule has 0 radical (unpaired) electrons. The van der Waals surface area contributed by atoms with Gasteiger partial charge in [0.1, 0.15) is 5.82 Å². The zero-order valence-electron chi connectivity index (χ0n) is 12.5. The van der Waals surface area contributed by atoms with Crippen molar-refractivity contribution in [1.29, 1.82) is 0 Å². The van der Waals surface area contributed by atoms with E-state index in [0.717, 1.165) is 19.3 Å². The van der Waals surface area contributed by atoms with Crippen molar-refractivity contribution < 1.29 is 9.50 Å². The van der Waals surface area contributed by atoms with Gasteiger partial charge in [-0.1, -0.05) is 38.0 Å². The highest BCUT2D eigenvalue weighted by Gasteiger charge is 2.48. The van der Waals surface area contributed by atoms with Crippen LogP contribution in [0.15, 0.2) is 24.3 Å². The fourth-order valence-corrected chi connectivity index (χ4v) is 3.75. The number of aliphatic hydroxyl groups is 1. The summed E-state index contributed by atoms with van der Waals surface area (Å²) in [5.74, 6) is 0.322. The molecule has 3 unspecified atom stereocenters. The molecule has 1 fully saturated rings. The van der Waals surface area contributed by atoms with Gasteiger partial charge < -0.3 is 10.8 Å². The Morgan fingerprint density at radius 3 is 2.75 bits per heavy atom. The molecule has 3 atom stereocenters. The molecule has 0 aliphatic heterocycles. The van der Waals surface area contributed by atoms with Crippen LogP contribution < -0.4 is 5.73 Å². The van der Waals surface area contributed by atoms with E-state index in [1.807, 2.05) is 13.0 Å². The van der Waals surface area contributed by atoms with E-state index in [4.69, 9.17) is 5.73 Å². The number of rotatable bonds is 4. The van der Waals surface area contributed by atoms with Crippen LogP contribution in [0, 0.1) is 17.2 Å². The predicted octanol–water partition coefficient (Wildman–Crippen LogP) is 3.27. The molecule has 1 aromatic carbocycles. The van der Waals surface area contributed by atoms with Gasteiger partial charge in [-0.3, -0.25) is 0 Å². The molecular formula is C17H26FNO. The van der Waals surface area contributed by atoms with Gasteiger partial charge in [-0.2, -0.15) is 0 Å². The fourth-order valence-electron chi connectivity index (χ4n) is 3.75. The maximum Gasteiger partial charge on any atom is 0.126 e. The summed E-state index contributed by atoms with van der Waals surface area (Å²) in [6.07, 6.45) is 4.45. The summed E-state index contributed by atoms with van der Waals surface area (Å²) < 4.78 is 13.9. The summed E-state index contributed by atoms with van der Waals surface area (Å²) in [7, 11) is 0. The molecule has 0 amide bonds. The predicted molar refractivity (Wildman–Crippen MR) is 79.8 cm³/mol. The van der Waals surface area contributed by atoms with Gasteiger partial charge in [0.15, 0.2) is 0 Å². The first kappa shape index (κ1) is 15.5. The first-order chi connectivity index (χ1) is 9.40. The summed E-state index contributed by atoms with van der Waals surface area (Å²) in [5, 5.41) is 11.0. The summed E-state index contributed by atoms with van der Waals surface area (Å²) >= 11 is 0. The van der Waals surface area contributed by atoms with Gasteiger partial charge in [-0.25, -0.2) is 4.39 Å². The normalized spacial score (nSPS) is 29.9. The van der Waals surface area contributed by atoms with Crippen LogP contribution in [0.25, 0.3) is 0 Å². The zero-order valence-corrected chi connectivity index (χ0v) is 12.5. The van der Waals surface area contributed by atoms with Crippen LogP contribution in [-0.4, -0.2) is 17.3 Å². The Kier molecular flexibility index (Phi) is 4.50. The lowest BCUT2D eigenvalue weighted by Gasteiger charge is -2.49. The number of halogens is 1. The average molecular weight is 279 g/mol. The quantitative estimate of drug-likeness (QED) is 0.888. The fraction of sp³-hybridized carbons (Fsp3) is 0.647. The van der Waals surface area contributed by atoms with E-state index in [-0.39, 0.29) is 11.2 Å². The molecule has 1 aromatic rings. The Hall–Kier alpha value is -0.930. The molecule has 0 heterocycles. The van der Waals surface area contributed by atoms with Crippen LogP contribution in [0.5, 0.6) is 0 Å². The standard InChI is InChI=1S/C17H26FNO/c1-13-6-5-9-17(10-13,12-19)16(2,20)11-14-7-3-4-8-15(14)18/h3-4,7-8,13,20H,5-6,9-12,19H2,1-2H3. The second kappa shape index (κ2) is 5.82. The number of hydrogen-bond donors (Lipinski definition) is 2. The number of benzene rings is 1. The van der Waals surface area contributed by atoms with Crippen LogP contribution in [0.1, 0.15) is 45.1 Å². The van der Waals surface area contributed by atoms with Crippen molar-refractivity contribution in [2.45, 2.75) is 51.6 Å².